The van der Waals surface area contributed by atoms with Crippen LogP contribution in [0.5, 0.6) is 0 Å². The Labute approximate surface area is 121 Å². The van der Waals surface area contributed by atoms with Gasteiger partial charge in [-0.25, -0.2) is 0 Å². The van der Waals surface area contributed by atoms with Crippen LogP contribution in [0.15, 0.2) is 28.9 Å². The minimum atomic E-state index is 0.149. The molecule has 0 bridgehead atoms. The highest BCUT2D eigenvalue weighted by Gasteiger charge is 2.23. The molecule has 0 saturated carbocycles. The second-order valence-electron chi connectivity index (χ2n) is 5.39. The van der Waals surface area contributed by atoms with Crippen molar-refractivity contribution in [1.29, 1.82) is 0 Å². The topological polar surface area (TPSA) is 36.1 Å². The van der Waals surface area contributed by atoms with Gasteiger partial charge in [0.1, 0.15) is 0 Å². The van der Waals surface area contributed by atoms with E-state index in [1.807, 2.05) is 29.3 Å². The number of rotatable bonds is 1. The van der Waals surface area contributed by atoms with Crippen molar-refractivity contribution < 1.29 is 4.79 Å². The zero-order valence-electron chi connectivity index (χ0n) is 10.9. The molecule has 3 nitrogen and oxygen atoms in total. The van der Waals surface area contributed by atoms with Gasteiger partial charge in [-0.3, -0.25) is 4.79 Å². The van der Waals surface area contributed by atoms with Gasteiger partial charge in [-0.15, -0.1) is 0 Å². The summed E-state index contributed by atoms with van der Waals surface area (Å²) in [6.45, 7) is 3.97. The molecule has 1 aliphatic heterocycles. The van der Waals surface area contributed by atoms with Crippen molar-refractivity contribution in [2.45, 2.75) is 19.8 Å². The maximum atomic E-state index is 12.6. The molecule has 0 radical (unpaired) electrons. The van der Waals surface area contributed by atoms with Crippen LogP contribution in [-0.4, -0.2) is 28.9 Å². The molecule has 1 aliphatic rings. The molecule has 0 unspecified atom stereocenters. The Morgan fingerprint density at radius 3 is 3.11 bits per heavy atom. The summed E-state index contributed by atoms with van der Waals surface area (Å²) in [5.41, 5.74) is 1.79. The number of carbonyl (C=O) groups excluding carboxylic acids is 1. The molecule has 19 heavy (non-hydrogen) atoms. The number of nitrogens with one attached hydrogen (secondary N) is 1. The monoisotopic (exact) mass is 320 g/mol. The van der Waals surface area contributed by atoms with Crippen LogP contribution in [-0.2, 0) is 0 Å². The molecule has 0 spiro atoms. The van der Waals surface area contributed by atoms with E-state index in [0.717, 1.165) is 40.4 Å². The summed E-state index contributed by atoms with van der Waals surface area (Å²) < 4.78 is 1.00. The quantitative estimate of drug-likeness (QED) is 0.852. The summed E-state index contributed by atoms with van der Waals surface area (Å²) in [6.07, 6.45) is 4.17. The Kier molecular flexibility index (Phi) is 3.35. The number of carbonyl (C=O) groups is 1. The normalized spacial score (nSPS) is 19.9. The van der Waals surface area contributed by atoms with Crippen LogP contribution >= 0.6 is 15.9 Å². The van der Waals surface area contributed by atoms with E-state index >= 15 is 0 Å². The number of piperidine rings is 1. The van der Waals surface area contributed by atoms with E-state index in [4.69, 9.17) is 0 Å². The standard InChI is InChI=1S/C15H17BrN2O/c1-10-3-2-6-18(9-10)15(19)13-8-17-14-5-4-11(16)7-12(13)14/h4-5,7-8,10,17H,2-3,6,9H2,1H3/t10-/m1/s1. The zero-order chi connectivity index (χ0) is 13.4. The number of halogens is 1. The lowest BCUT2D eigenvalue weighted by Crippen LogP contribution is -2.39. The first-order valence-corrected chi connectivity index (χ1v) is 7.50. The summed E-state index contributed by atoms with van der Waals surface area (Å²) in [5, 5.41) is 0.998. The van der Waals surface area contributed by atoms with E-state index in [-0.39, 0.29) is 5.91 Å². The van der Waals surface area contributed by atoms with Crippen LogP contribution < -0.4 is 0 Å². The Bertz CT molecular complexity index is 620. The van der Waals surface area contributed by atoms with Crippen molar-refractivity contribution in [3.8, 4) is 0 Å². The average Bonchev–Trinajstić information content (AvgIpc) is 2.80. The molecule has 1 fully saturated rings. The van der Waals surface area contributed by atoms with Gasteiger partial charge < -0.3 is 9.88 Å². The summed E-state index contributed by atoms with van der Waals surface area (Å²) in [4.78, 5) is 17.8. The van der Waals surface area contributed by atoms with Crippen LogP contribution in [0.1, 0.15) is 30.1 Å². The van der Waals surface area contributed by atoms with Crippen LogP contribution in [0, 0.1) is 5.92 Å². The Morgan fingerprint density at radius 2 is 2.32 bits per heavy atom. The molecule has 1 aromatic heterocycles. The number of H-pyrrole nitrogens is 1. The lowest BCUT2D eigenvalue weighted by Gasteiger charge is -2.30. The van der Waals surface area contributed by atoms with Gasteiger partial charge in [-0.2, -0.15) is 0 Å². The van der Waals surface area contributed by atoms with Crippen molar-refractivity contribution in [3.05, 3.63) is 34.4 Å². The predicted octanol–water partition coefficient (Wildman–Crippen LogP) is 3.80. The first-order valence-electron chi connectivity index (χ1n) is 6.71. The number of likely N-dealkylation sites (tertiary alicyclic amines) is 1. The summed E-state index contributed by atoms with van der Waals surface area (Å²) in [5.74, 6) is 0.755. The maximum Gasteiger partial charge on any atom is 0.256 e. The van der Waals surface area contributed by atoms with Crippen molar-refractivity contribution in [1.82, 2.24) is 9.88 Å². The zero-order valence-corrected chi connectivity index (χ0v) is 12.5. The molecule has 1 amide bonds. The van der Waals surface area contributed by atoms with E-state index in [1.165, 1.54) is 6.42 Å². The second-order valence-corrected chi connectivity index (χ2v) is 6.31. The van der Waals surface area contributed by atoms with Crippen molar-refractivity contribution in [2.24, 2.45) is 5.92 Å². The van der Waals surface area contributed by atoms with Crippen molar-refractivity contribution >= 4 is 32.7 Å². The number of aromatic nitrogens is 1. The highest BCUT2D eigenvalue weighted by Crippen LogP contribution is 2.25. The molecule has 100 valence electrons. The van der Waals surface area contributed by atoms with Crippen molar-refractivity contribution in [2.75, 3.05) is 13.1 Å². The van der Waals surface area contributed by atoms with Gasteiger partial charge in [-0.1, -0.05) is 22.9 Å². The molecule has 0 aliphatic carbocycles. The van der Waals surface area contributed by atoms with Crippen LogP contribution in [0.3, 0.4) is 0 Å². The number of hydrogen-bond acceptors (Lipinski definition) is 1. The number of nitrogens with zero attached hydrogens (tertiary/aromatic N) is 1. The summed E-state index contributed by atoms with van der Waals surface area (Å²) >= 11 is 3.47. The lowest BCUT2D eigenvalue weighted by atomic mass is 9.99. The predicted molar refractivity (Wildman–Crippen MR) is 80.3 cm³/mol. The van der Waals surface area contributed by atoms with Gasteiger partial charge in [0.25, 0.3) is 5.91 Å². The lowest BCUT2D eigenvalue weighted by molar-refractivity contribution is 0.0685. The minimum Gasteiger partial charge on any atom is -0.360 e. The first kappa shape index (κ1) is 12.7. The molecule has 3 rings (SSSR count). The Morgan fingerprint density at radius 1 is 1.47 bits per heavy atom. The molecule has 2 aromatic rings. The Hall–Kier alpha value is -1.29. The van der Waals surface area contributed by atoms with Gasteiger partial charge in [0, 0.05) is 34.7 Å². The summed E-state index contributed by atoms with van der Waals surface area (Å²) in [6, 6.07) is 5.98. The first-order chi connectivity index (χ1) is 9.15. The van der Waals surface area contributed by atoms with Gasteiger partial charge in [0.05, 0.1) is 5.56 Å². The van der Waals surface area contributed by atoms with Crippen LogP contribution in [0.25, 0.3) is 10.9 Å². The fourth-order valence-electron chi connectivity index (χ4n) is 2.81. The van der Waals surface area contributed by atoms with Gasteiger partial charge in [0.2, 0.25) is 0 Å². The minimum absolute atomic E-state index is 0.149. The molecule has 2 heterocycles. The maximum absolute atomic E-state index is 12.6. The fraction of sp³-hybridized carbons (Fsp3) is 0.400. The third kappa shape index (κ3) is 2.41. The smallest absolute Gasteiger partial charge is 0.256 e. The van der Waals surface area contributed by atoms with Gasteiger partial charge >= 0.3 is 0 Å². The molecule has 1 saturated heterocycles. The van der Waals surface area contributed by atoms with Crippen molar-refractivity contribution in [3.63, 3.8) is 0 Å². The van der Waals surface area contributed by atoms with Gasteiger partial charge in [-0.05, 0) is 37.0 Å². The molecular weight excluding hydrogens is 304 g/mol. The van der Waals surface area contributed by atoms with Gasteiger partial charge in [0.15, 0.2) is 0 Å². The van der Waals surface area contributed by atoms with Crippen LogP contribution in [0.4, 0.5) is 0 Å². The fourth-order valence-corrected chi connectivity index (χ4v) is 3.18. The van der Waals surface area contributed by atoms with E-state index < -0.39 is 0 Å². The SMILES string of the molecule is C[C@@H]1CCCN(C(=O)c2c[nH]c3ccc(Br)cc23)C1. The van der Waals surface area contributed by atoms with E-state index in [1.54, 1.807) is 0 Å². The molecule has 1 atom stereocenters. The average molecular weight is 321 g/mol. The van der Waals surface area contributed by atoms with E-state index in [2.05, 4.69) is 27.8 Å². The highest BCUT2D eigenvalue weighted by molar-refractivity contribution is 9.10. The second kappa shape index (κ2) is 5.00. The molecule has 1 N–H and O–H groups in total. The van der Waals surface area contributed by atoms with E-state index in [0.29, 0.717) is 5.92 Å². The number of fused-ring (bicyclic) bond motifs is 1. The number of amides is 1. The summed E-state index contributed by atoms with van der Waals surface area (Å²) in [7, 11) is 0. The van der Waals surface area contributed by atoms with E-state index in [9.17, 15) is 4.79 Å². The molecule has 1 aromatic carbocycles. The highest BCUT2D eigenvalue weighted by atomic mass is 79.9. The number of benzene rings is 1. The van der Waals surface area contributed by atoms with Crippen LogP contribution in [0.2, 0.25) is 0 Å². The number of hydrogen-bond donors (Lipinski definition) is 1. The third-order valence-electron chi connectivity index (χ3n) is 3.82. The molecule has 4 heteroatoms. The third-order valence-corrected chi connectivity index (χ3v) is 4.31. The molecular formula is C15H17BrN2O. The number of aromatic amines is 1. The Balaban J connectivity index is 1.95. The largest absolute Gasteiger partial charge is 0.360 e.